The fraction of sp³-hybridized carbons (Fsp3) is 0.769. The Labute approximate surface area is 136 Å². The predicted molar refractivity (Wildman–Crippen MR) is 79.9 cm³/mol. The second kappa shape index (κ2) is 7.92. The van der Waals surface area contributed by atoms with Crippen LogP contribution in [0.3, 0.4) is 0 Å². The Morgan fingerprint density at radius 3 is 1.76 bits per heavy atom. The zero-order valence-electron chi connectivity index (χ0n) is 12.3. The van der Waals surface area contributed by atoms with Crippen LogP contribution in [-0.2, 0) is 33.3 Å². The monoisotopic (exact) mass is 414 g/mol. The lowest BCUT2D eigenvalue weighted by molar-refractivity contribution is -0.239. The molecule has 0 saturated carbocycles. The summed E-state index contributed by atoms with van der Waals surface area (Å²) < 4.78 is 21.9. The molecule has 1 fully saturated rings. The van der Waals surface area contributed by atoms with Gasteiger partial charge < -0.3 is 18.9 Å². The van der Waals surface area contributed by atoms with Crippen LogP contribution in [0.25, 0.3) is 0 Å². The number of hydrogen-bond acceptors (Lipinski definition) is 7. The molecule has 5 atom stereocenters. The molecule has 0 N–H and O–H groups in total. The first-order valence-corrected chi connectivity index (χ1v) is 8.02. The first-order valence-electron chi connectivity index (χ1n) is 6.49. The maximum Gasteiger partial charge on any atom is 0.303 e. The molecule has 0 aromatic rings. The van der Waals surface area contributed by atoms with E-state index < -0.39 is 48.4 Å². The molecule has 0 spiro atoms. The van der Waals surface area contributed by atoms with Crippen molar-refractivity contribution in [1.82, 2.24) is 0 Å². The third-order valence-corrected chi connectivity index (χ3v) is 3.79. The molecule has 21 heavy (non-hydrogen) atoms. The maximum absolute atomic E-state index is 11.3. The van der Waals surface area contributed by atoms with E-state index in [1.807, 2.05) is 0 Å². The minimum Gasteiger partial charge on any atom is -0.456 e. The van der Waals surface area contributed by atoms with Gasteiger partial charge in [-0.3, -0.25) is 14.4 Å². The lowest BCUT2D eigenvalue weighted by Crippen LogP contribution is -2.61. The second-order valence-corrected chi connectivity index (χ2v) is 5.64. The van der Waals surface area contributed by atoms with Gasteiger partial charge >= 0.3 is 17.9 Å². The molecule has 0 aliphatic carbocycles. The number of carbonyl (C=O) groups is 3. The van der Waals surface area contributed by atoms with E-state index in [1.54, 1.807) is 6.92 Å². The minimum atomic E-state index is -0.890. The lowest BCUT2D eigenvalue weighted by Gasteiger charge is -2.43. The van der Waals surface area contributed by atoms with E-state index in [9.17, 15) is 14.4 Å². The topological polar surface area (TPSA) is 88.1 Å². The molecule has 7 nitrogen and oxygen atoms in total. The normalized spacial score (nSPS) is 32.1. The highest BCUT2D eigenvalue weighted by Crippen LogP contribution is 2.29. The molecule has 0 aromatic carbocycles. The number of hydrogen-bond donors (Lipinski definition) is 0. The van der Waals surface area contributed by atoms with Crippen LogP contribution in [0.15, 0.2) is 0 Å². The summed E-state index contributed by atoms with van der Waals surface area (Å²) in [6.45, 7) is 5.47. The Kier molecular flexibility index (Phi) is 6.85. The van der Waals surface area contributed by atoms with Crippen molar-refractivity contribution in [2.45, 2.75) is 58.2 Å². The molecule has 0 bridgehead atoms. The van der Waals surface area contributed by atoms with Gasteiger partial charge in [0.15, 0.2) is 18.3 Å². The highest BCUT2D eigenvalue weighted by atomic mass is 127. The zero-order chi connectivity index (χ0) is 16.2. The Balaban J connectivity index is 3.08. The molecule has 120 valence electrons. The van der Waals surface area contributed by atoms with Gasteiger partial charge in [-0.2, -0.15) is 0 Å². The second-order valence-electron chi connectivity index (χ2n) is 4.76. The summed E-state index contributed by atoms with van der Waals surface area (Å²) in [5, 5.41) is 0. The molecule has 1 aliphatic rings. The van der Waals surface area contributed by atoms with Crippen molar-refractivity contribution in [3.63, 3.8) is 0 Å². The standard InChI is InChI=1S/C13H19IO7/c1-6-11(19-7(2)15)13(21-9(4)17)12(20-8(3)16)10(5-14)18-6/h6,10-13H,5H2,1-4H3/t6?,10-,11+,12-,13-/m1/s1. The van der Waals surface area contributed by atoms with Crippen LogP contribution in [0.2, 0.25) is 0 Å². The van der Waals surface area contributed by atoms with Crippen molar-refractivity contribution in [3.05, 3.63) is 0 Å². The highest BCUT2D eigenvalue weighted by Gasteiger charge is 2.49. The van der Waals surface area contributed by atoms with E-state index in [1.165, 1.54) is 20.8 Å². The molecule has 1 heterocycles. The molecule has 0 radical (unpaired) electrons. The summed E-state index contributed by atoms with van der Waals surface area (Å²) in [5.41, 5.74) is 0. The number of ether oxygens (including phenoxy) is 4. The Morgan fingerprint density at radius 2 is 1.33 bits per heavy atom. The summed E-state index contributed by atoms with van der Waals surface area (Å²) in [5.74, 6) is -1.59. The summed E-state index contributed by atoms with van der Waals surface area (Å²) >= 11 is 2.09. The van der Waals surface area contributed by atoms with Crippen LogP contribution in [0.5, 0.6) is 0 Å². The third kappa shape index (κ3) is 5.10. The Bertz CT molecular complexity index is 411. The van der Waals surface area contributed by atoms with E-state index in [-0.39, 0.29) is 0 Å². The van der Waals surface area contributed by atoms with Crippen LogP contribution >= 0.6 is 22.6 Å². The van der Waals surface area contributed by atoms with Crippen LogP contribution in [-0.4, -0.2) is 52.9 Å². The third-order valence-electron chi connectivity index (χ3n) is 2.92. The van der Waals surface area contributed by atoms with Crippen molar-refractivity contribution in [3.8, 4) is 0 Å². The average Bonchev–Trinajstić information content (AvgIpc) is 2.35. The van der Waals surface area contributed by atoms with Crippen LogP contribution < -0.4 is 0 Å². The summed E-state index contributed by atoms with van der Waals surface area (Å²) in [4.78, 5) is 33.9. The van der Waals surface area contributed by atoms with Gasteiger partial charge in [0.1, 0.15) is 6.10 Å². The van der Waals surface area contributed by atoms with Gasteiger partial charge in [0.25, 0.3) is 0 Å². The number of carbonyl (C=O) groups excluding carboxylic acids is 3. The first-order chi connectivity index (χ1) is 9.76. The van der Waals surface area contributed by atoms with Crippen molar-refractivity contribution in [2.75, 3.05) is 4.43 Å². The zero-order valence-corrected chi connectivity index (χ0v) is 14.5. The van der Waals surface area contributed by atoms with Crippen LogP contribution in [0, 0.1) is 0 Å². The van der Waals surface area contributed by atoms with E-state index in [2.05, 4.69) is 22.6 Å². The van der Waals surface area contributed by atoms with E-state index >= 15 is 0 Å². The molecule has 0 amide bonds. The molecule has 0 aromatic heterocycles. The molecule has 1 saturated heterocycles. The fourth-order valence-electron chi connectivity index (χ4n) is 2.24. The molecule has 1 rings (SSSR count). The van der Waals surface area contributed by atoms with Gasteiger partial charge in [-0.05, 0) is 6.92 Å². The predicted octanol–water partition coefficient (Wildman–Crippen LogP) is 1.00. The van der Waals surface area contributed by atoms with Crippen molar-refractivity contribution in [1.29, 1.82) is 0 Å². The molecule has 8 heteroatoms. The van der Waals surface area contributed by atoms with E-state index in [4.69, 9.17) is 18.9 Å². The highest BCUT2D eigenvalue weighted by molar-refractivity contribution is 14.1. The SMILES string of the molecule is CC(=O)O[C@H]1[C@H](OC(C)=O)[C@@H](OC(C)=O)C(C)O[C@@H]1CI. The number of alkyl halides is 1. The summed E-state index contributed by atoms with van der Waals surface area (Å²) in [7, 11) is 0. The quantitative estimate of drug-likeness (QED) is 0.294. The van der Waals surface area contributed by atoms with E-state index in [0.29, 0.717) is 4.43 Å². The van der Waals surface area contributed by atoms with Gasteiger partial charge in [0, 0.05) is 25.2 Å². The fourth-order valence-corrected chi connectivity index (χ4v) is 2.94. The van der Waals surface area contributed by atoms with Gasteiger partial charge in [-0.15, -0.1) is 0 Å². The lowest BCUT2D eigenvalue weighted by atomic mass is 9.95. The van der Waals surface area contributed by atoms with Crippen LogP contribution in [0.4, 0.5) is 0 Å². The van der Waals surface area contributed by atoms with Crippen molar-refractivity contribution >= 4 is 40.5 Å². The molecular formula is C13H19IO7. The van der Waals surface area contributed by atoms with Gasteiger partial charge in [0.2, 0.25) is 0 Å². The summed E-state index contributed by atoms with van der Waals surface area (Å²) in [6.07, 6.45) is -3.46. The Morgan fingerprint density at radius 1 is 0.905 bits per heavy atom. The van der Waals surface area contributed by atoms with Crippen molar-refractivity contribution in [2.24, 2.45) is 0 Å². The van der Waals surface area contributed by atoms with Gasteiger partial charge in [-0.1, -0.05) is 22.6 Å². The number of esters is 3. The minimum absolute atomic E-state index is 0.444. The van der Waals surface area contributed by atoms with Crippen molar-refractivity contribution < 1.29 is 33.3 Å². The molecule has 1 unspecified atom stereocenters. The van der Waals surface area contributed by atoms with Crippen LogP contribution in [0.1, 0.15) is 27.7 Å². The molecular weight excluding hydrogens is 395 g/mol. The van der Waals surface area contributed by atoms with Gasteiger partial charge in [0.05, 0.1) is 6.10 Å². The largest absolute Gasteiger partial charge is 0.456 e. The maximum atomic E-state index is 11.3. The van der Waals surface area contributed by atoms with Gasteiger partial charge in [-0.25, -0.2) is 0 Å². The Hall–Kier alpha value is -0.900. The summed E-state index contributed by atoms with van der Waals surface area (Å²) in [6, 6.07) is 0. The average molecular weight is 414 g/mol. The number of rotatable bonds is 4. The first kappa shape index (κ1) is 18.1. The van der Waals surface area contributed by atoms with E-state index in [0.717, 1.165) is 0 Å². The smallest absolute Gasteiger partial charge is 0.303 e. The number of halogens is 1. The molecule has 1 aliphatic heterocycles.